The topological polar surface area (TPSA) is 63.4 Å². The number of thiophene rings is 1. The Labute approximate surface area is 139 Å². The number of amides is 1. The van der Waals surface area contributed by atoms with Crippen LogP contribution in [0.4, 0.5) is 0 Å². The molecule has 2 aromatic rings. The fourth-order valence-corrected chi connectivity index (χ4v) is 4.06. The van der Waals surface area contributed by atoms with E-state index in [0.29, 0.717) is 30.1 Å². The number of benzene rings is 1. The molecule has 1 aromatic carbocycles. The molecule has 0 bridgehead atoms. The van der Waals surface area contributed by atoms with E-state index in [1.807, 2.05) is 23.1 Å². The van der Waals surface area contributed by atoms with Gasteiger partial charge in [-0.15, -0.1) is 11.3 Å². The molecule has 2 atom stereocenters. The number of Topliss-reactive ketones (excluding diaryl/α,β-unsaturated/α-hetero) is 1. The Kier molecular flexibility index (Phi) is 4.59. The van der Waals surface area contributed by atoms with Gasteiger partial charge in [-0.3, -0.25) is 9.59 Å². The smallest absolute Gasteiger partial charge is 0.263 e. The molecule has 120 valence electrons. The Hall–Kier alpha value is -1.98. The summed E-state index contributed by atoms with van der Waals surface area (Å²) in [5.41, 5.74) is 7.76. The lowest BCUT2D eigenvalue weighted by Crippen LogP contribution is -2.29. The molecular formula is C18H20N2O2S. The van der Waals surface area contributed by atoms with E-state index in [1.165, 1.54) is 23.8 Å². The molecule has 1 amide bonds. The van der Waals surface area contributed by atoms with Crippen LogP contribution in [0, 0.1) is 5.92 Å². The van der Waals surface area contributed by atoms with Crippen molar-refractivity contribution in [3.05, 3.63) is 57.8 Å². The number of hydrogen-bond donors (Lipinski definition) is 1. The monoisotopic (exact) mass is 328 g/mol. The van der Waals surface area contributed by atoms with Crippen molar-refractivity contribution < 1.29 is 9.59 Å². The summed E-state index contributed by atoms with van der Waals surface area (Å²) in [5, 5.41) is 1.75. The normalized spacial score (nSPS) is 20.7. The van der Waals surface area contributed by atoms with E-state index in [0.717, 1.165) is 0 Å². The number of carbonyl (C=O) groups excluding carboxylic acids is 2. The summed E-state index contributed by atoms with van der Waals surface area (Å²) < 4.78 is 0. The van der Waals surface area contributed by atoms with Crippen LogP contribution in [0.5, 0.6) is 0 Å². The maximum atomic E-state index is 12.7. The van der Waals surface area contributed by atoms with Gasteiger partial charge < -0.3 is 10.6 Å². The molecule has 0 spiro atoms. The van der Waals surface area contributed by atoms with E-state index < -0.39 is 0 Å². The van der Waals surface area contributed by atoms with Gasteiger partial charge in [-0.05, 0) is 31.0 Å². The first-order valence-electron chi connectivity index (χ1n) is 7.74. The molecule has 1 aromatic heterocycles. The number of ketones is 1. The van der Waals surface area contributed by atoms with Gasteiger partial charge in [0.05, 0.1) is 4.88 Å². The van der Waals surface area contributed by atoms with E-state index >= 15 is 0 Å². The fourth-order valence-electron chi connectivity index (χ4n) is 3.14. The van der Waals surface area contributed by atoms with Gasteiger partial charge >= 0.3 is 0 Å². The van der Waals surface area contributed by atoms with Gasteiger partial charge in [-0.2, -0.15) is 0 Å². The molecule has 0 radical (unpaired) electrons. The predicted octanol–water partition coefficient (Wildman–Crippen LogP) is 2.77. The summed E-state index contributed by atoms with van der Waals surface area (Å²) in [5.74, 6) is 0.536. The molecule has 0 unspecified atom stereocenters. The lowest BCUT2D eigenvalue weighted by Gasteiger charge is -2.16. The van der Waals surface area contributed by atoms with Gasteiger partial charge in [0.2, 0.25) is 0 Å². The van der Waals surface area contributed by atoms with Crippen molar-refractivity contribution >= 4 is 23.0 Å². The highest BCUT2D eigenvalue weighted by molar-refractivity contribution is 7.12. The van der Waals surface area contributed by atoms with E-state index in [1.54, 1.807) is 11.4 Å². The van der Waals surface area contributed by atoms with E-state index in [9.17, 15) is 9.59 Å². The zero-order valence-electron chi connectivity index (χ0n) is 13.1. The first-order valence-corrected chi connectivity index (χ1v) is 8.62. The lowest BCUT2D eigenvalue weighted by atomic mass is 9.89. The second kappa shape index (κ2) is 6.64. The van der Waals surface area contributed by atoms with Crippen molar-refractivity contribution in [2.75, 3.05) is 19.6 Å². The number of hydrogen-bond acceptors (Lipinski definition) is 4. The number of rotatable bonds is 4. The van der Waals surface area contributed by atoms with Crippen LogP contribution in [-0.4, -0.2) is 36.2 Å². The molecule has 5 heteroatoms. The minimum Gasteiger partial charge on any atom is -0.337 e. The van der Waals surface area contributed by atoms with E-state index in [2.05, 4.69) is 12.1 Å². The van der Waals surface area contributed by atoms with Crippen LogP contribution < -0.4 is 5.73 Å². The van der Waals surface area contributed by atoms with Crippen LogP contribution >= 0.6 is 11.3 Å². The quantitative estimate of drug-likeness (QED) is 0.878. The highest BCUT2D eigenvalue weighted by Gasteiger charge is 2.35. The van der Waals surface area contributed by atoms with Crippen LogP contribution in [0.3, 0.4) is 0 Å². The molecule has 1 saturated heterocycles. The van der Waals surface area contributed by atoms with Crippen molar-refractivity contribution in [2.24, 2.45) is 11.7 Å². The minimum atomic E-state index is -0.0104. The number of likely N-dealkylation sites (tertiary alicyclic amines) is 1. The van der Waals surface area contributed by atoms with Gasteiger partial charge in [0.15, 0.2) is 5.78 Å². The van der Waals surface area contributed by atoms with Crippen molar-refractivity contribution in [2.45, 2.75) is 12.8 Å². The minimum absolute atomic E-state index is 0.000573. The van der Waals surface area contributed by atoms with Gasteiger partial charge in [0, 0.05) is 30.0 Å². The van der Waals surface area contributed by atoms with Crippen molar-refractivity contribution in [1.82, 2.24) is 4.90 Å². The van der Waals surface area contributed by atoms with Crippen LogP contribution in [0.15, 0.2) is 41.8 Å². The highest BCUT2D eigenvalue weighted by Crippen LogP contribution is 2.33. The van der Waals surface area contributed by atoms with Crippen LogP contribution in [0.25, 0.3) is 0 Å². The Bertz CT molecular complexity index is 711. The molecule has 1 aliphatic rings. The predicted molar refractivity (Wildman–Crippen MR) is 92.0 cm³/mol. The zero-order chi connectivity index (χ0) is 16.4. The maximum Gasteiger partial charge on any atom is 0.263 e. The van der Waals surface area contributed by atoms with Crippen molar-refractivity contribution in [1.29, 1.82) is 0 Å². The molecule has 3 rings (SSSR count). The van der Waals surface area contributed by atoms with Crippen LogP contribution in [0.2, 0.25) is 0 Å². The number of carbonyl (C=O) groups is 2. The van der Waals surface area contributed by atoms with E-state index in [4.69, 9.17) is 5.73 Å². The second-order valence-electron chi connectivity index (χ2n) is 5.98. The molecule has 2 N–H and O–H groups in total. The van der Waals surface area contributed by atoms with Gasteiger partial charge in [-0.25, -0.2) is 0 Å². The van der Waals surface area contributed by atoms with Crippen LogP contribution in [-0.2, 0) is 0 Å². The zero-order valence-corrected chi connectivity index (χ0v) is 13.9. The molecule has 0 saturated carbocycles. The lowest BCUT2D eigenvalue weighted by molar-refractivity contribution is 0.0791. The molecule has 1 fully saturated rings. The third-order valence-corrected chi connectivity index (χ3v) is 5.39. The summed E-state index contributed by atoms with van der Waals surface area (Å²) in [6.07, 6.45) is 0. The SMILES string of the molecule is CC(=O)c1csc(C(=O)N2C[C@@H](CN)[C@H](c3ccccc3)C2)c1. The van der Waals surface area contributed by atoms with E-state index in [-0.39, 0.29) is 23.5 Å². The third kappa shape index (κ3) is 3.21. The standard InChI is InChI=1S/C18H20N2O2S/c1-12(21)14-7-17(23-11-14)18(22)20-9-15(8-19)16(10-20)13-5-3-2-4-6-13/h2-7,11,15-16H,8-10,19H2,1H3/t15-,16+/m1/s1. The Balaban J connectivity index is 1.78. The largest absolute Gasteiger partial charge is 0.337 e. The summed E-state index contributed by atoms with van der Waals surface area (Å²) in [4.78, 5) is 26.6. The molecule has 2 heterocycles. The maximum absolute atomic E-state index is 12.7. The summed E-state index contributed by atoms with van der Waals surface area (Å²) in [7, 11) is 0. The highest BCUT2D eigenvalue weighted by atomic mass is 32.1. The van der Waals surface area contributed by atoms with Gasteiger partial charge in [0.25, 0.3) is 5.91 Å². The Morgan fingerprint density at radius 1 is 1.26 bits per heavy atom. The molecule has 23 heavy (non-hydrogen) atoms. The number of nitrogens with zero attached hydrogens (tertiary/aromatic N) is 1. The van der Waals surface area contributed by atoms with Crippen molar-refractivity contribution in [3.63, 3.8) is 0 Å². The molecular weight excluding hydrogens is 308 g/mol. The summed E-state index contributed by atoms with van der Waals surface area (Å²) >= 11 is 1.34. The first kappa shape index (κ1) is 15.9. The molecule has 1 aliphatic heterocycles. The van der Waals surface area contributed by atoms with Crippen LogP contribution in [0.1, 0.15) is 38.4 Å². The average molecular weight is 328 g/mol. The Morgan fingerprint density at radius 3 is 2.61 bits per heavy atom. The molecule has 0 aliphatic carbocycles. The fraction of sp³-hybridized carbons (Fsp3) is 0.333. The number of nitrogens with two attached hydrogens (primary N) is 1. The van der Waals surface area contributed by atoms with Gasteiger partial charge in [-0.1, -0.05) is 30.3 Å². The summed E-state index contributed by atoms with van der Waals surface area (Å²) in [6, 6.07) is 11.9. The average Bonchev–Trinajstić information content (AvgIpc) is 3.22. The van der Waals surface area contributed by atoms with Gasteiger partial charge in [0.1, 0.15) is 0 Å². The first-order chi connectivity index (χ1) is 11.1. The molecule has 4 nitrogen and oxygen atoms in total. The second-order valence-corrected chi connectivity index (χ2v) is 6.89. The third-order valence-electron chi connectivity index (χ3n) is 4.48. The van der Waals surface area contributed by atoms with Crippen molar-refractivity contribution in [3.8, 4) is 0 Å². The Morgan fingerprint density at radius 2 is 2.00 bits per heavy atom. The summed E-state index contributed by atoms with van der Waals surface area (Å²) in [6.45, 7) is 3.43.